The van der Waals surface area contributed by atoms with Gasteiger partial charge >= 0.3 is 0 Å². The minimum atomic E-state index is 0.325. The van der Waals surface area contributed by atoms with Crippen LogP contribution in [0.1, 0.15) is 30.3 Å². The number of ether oxygens (including phenoxy) is 1. The zero-order chi connectivity index (χ0) is 20.9. The van der Waals surface area contributed by atoms with Gasteiger partial charge in [0.15, 0.2) is 6.73 Å². The van der Waals surface area contributed by atoms with Crippen molar-refractivity contribution in [3.05, 3.63) is 66.2 Å². The number of aromatic nitrogens is 3. The Morgan fingerprint density at radius 2 is 2.13 bits per heavy atom. The predicted molar refractivity (Wildman–Crippen MR) is 122 cm³/mol. The minimum absolute atomic E-state index is 0.325. The van der Waals surface area contributed by atoms with E-state index in [-0.39, 0.29) is 0 Å². The molecule has 0 spiro atoms. The second-order valence-corrected chi connectivity index (χ2v) is 8.17. The van der Waals surface area contributed by atoms with Crippen LogP contribution in [0.4, 0.5) is 0 Å². The molecule has 0 saturated carbocycles. The van der Waals surface area contributed by atoms with Gasteiger partial charge in [-0.3, -0.25) is 0 Å². The van der Waals surface area contributed by atoms with Crippen LogP contribution in [0, 0.1) is 0 Å². The molecule has 6 N–H and O–H groups in total. The zero-order valence-electron chi connectivity index (χ0n) is 17.1. The smallest absolute Gasteiger partial charge is 0.165 e. The third kappa shape index (κ3) is 2.89. The summed E-state index contributed by atoms with van der Waals surface area (Å²) in [5, 5.41) is 4.60. The van der Waals surface area contributed by atoms with E-state index in [4.69, 9.17) is 16.2 Å². The number of hydrogen-bond donors (Lipinski definition) is 4. The molecule has 0 unspecified atom stereocenters. The number of imidazole rings is 1. The van der Waals surface area contributed by atoms with Crippen molar-refractivity contribution in [2.24, 2.45) is 11.5 Å². The molecule has 0 aliphatic carbocycles. The summed E-state index contributed by atoms with van der Waals surface area (Å²) in [6.07, 6.45) is 5.66. The average molecular weight is 412 g/mol. The standard InChI is InChI=1S/C24H24N6O/c25-11-18(26)14-4-6-21-16(8-14)9-22-17-5-3-15(10-23(17)31-13-30(21)22)20-12-28-24(29-20)19-2-1-7-27-19/h3-6,8-12,19,27H,1-2,7,13,25-26H2,(H,28,29)/b18-11-/t19-/m1/s1. The summed E-state index contributed by atoms with van der Waals surface area (Å²) in [6, 6.07) is 15.0. The fourth-order valence-electron chi connectivity index (χ4n) is 4.64. The van der Waals surface area contributed by atoms with Crippen molar-refractivity contribution in [2.75, 3.05) is 6.54 Å². The Morgan fingerprint density at radius 3 is 2.97 bits per heavy atom. The molecule has 156 valence electrons. The molecule has 1 atom stereocenters. The van der Waals surface area contributed by atoms with Gasteiger partial charge in [0.05, 0.1) is 34.8 Å². The van der Waals surface area contributed by atoms with E-state index in [9.17, 15) is 0 Å². The highest BCUT2D eigenvalue weighted by Crippen LogP contribution is 2.40. The quantitative estimate of drug-likeness (QED) is 0.411. The monoisotopic (exact) mass is 412 g/mol. The maximum absolute atomic E-state index is 6.14. The predicted octanol–water partition coefficient (Wildman–Crippen LogP) is 3.69. The third-order valence-electron chi connectivity index (χ3n) is 6.32. The van der Waals surface area contributed by atoms with Crippen molar-refractivity contribution < 1.29 is 4.74 Å². The van der Waals surface area contributed by atoms with Crippen LogP contribution in [0.15, 0.2) is 54.9 Å². The van der Waals surface area contributed by atoms with Crippen molar-refractivity contribution in [1.29, 1.82) is 0 Å². The van der Waals surface area contributed by atoms with E-state index in [2.05, 4.69) is 56.3 Å². The number of fused-ring (bicyclic) bond motifs is 5. The second kappa shape index (κ2) is 6.92. The number of benzene rings is 2. The van der Waals surface area contributed by atoms with Crippen molar-refractivity contribution in [3.63, 3.8) is 0 Å². The molecule has 31 heavy (non-hydrogen) atoms. The molecule has 6 rings (SSSR count). The van der Waals surface area contributed by atoms with Crippen molar-refractivity contribution in [1.82, 2.24) is 19.9 Å². The average Bonchev–Trinajstić information content (AvgIpc) is 3.56. The van der Waals surface area contributed by atoms with E-state index < -0.39 is 0 Å². The van der Waals surface area contributed by atoms with Gasteiger partial charge in [-0.05, 0) is 55.3 Å². The molecule has 2 aromatic carbocycles. The maximum atomic E-state index is 6.14. The molecule has 2 aromatic heterocycles. The largest absolute Gasteiger partial charge is 0.472 e. The summed E-state index contributed by atoms with van der Waals surface area (Å²) in [7, 11) is 0. The Hall–Kier alpha value is -3.71. The van der Waals surface area contributed by atoms with Gasteiger partial charge in [-0.1, -0.05) is 12.1 Å². The van der Waals surface area contributed by atoms with Crippen LogP contribution in [0.5, 0.6) is 5.75 Å². The molecule has 4 aromatic rings. The maximum Gasteiger partial charge on any atom is 0.165 e. The fraction of sp³-hybridized carbons (Fsp3) is 0.208. The number of hydrogen-bond acceptors (Lipinski definition) is 5. The first kappa shape index (κ1) is 18.1. The Labute approximate surface area is 179 Å². The molecule has 4 heterocycles. The lowest BCUT2D eigenvalue weighted by Crippen LogP contribution is -2.14. The molecular formula is C24H24N6O. The molecule has 2 aliphatic rings. The molecule has 1 fully saturated rings. The molecule has 0 amide bonds. The van der Waals surface area contributed by atoms with Crippen LogP contribution in [0.2, 0.25) is 0 Å². The van der Waals surface area contributed by atoms with E-state index >= 15 is 0 Å². The minimum Gasteiger partial charge on any atom is -0.472 e. The first-order chi connectivity index (χ1) is 15.2. The number of H-pyrrole nitrogens is 1. The first-order valence-electron chi connectivity index (χ1n) is 10.6. The molecule has 2 aliphatic heterocycles. The van der Waals surface area contributed by atoms with Crippen LogP contribution in [-0.4, -0.2) is 21.1 Å². The number of aromatic amines is 1. The van der Waals surface area contributed by atoms with Gasteiger partial charge in [-0.15, -0.1) is 0 Å². The van der Waals surface area contributed by atoms with Gasteiger partial charge in [-0.25, -0.2) is 4.98 Å². The topological polar surface area (TPSA) is 107 Å². The van der Waals surface area contributed by atoms with E-state index in [0.717, 1.165) is 63.5 Å². The van der Waals surface area contributed by atoms with Gasteiger partial charge in [0.25, 0.3) is 0 Å². The van der Waals surface area contributed by atoms with Gasteiger partial charge in [-0.2, -0.15) is 0 Å². The lowest BCUT2D eigenvalue weighted by Gasteiger charge is -2.21. The van der Waals surface area contributed by atoms with Crippen LogP contribution >= 0.6 is 0 Å². The molecule has 7 heteroatoms. The van der Waals surface area contributed by atoms with E-state index in [1.165, 1.54) is 12.6 Å². The van der Waals surface area contributed by atoms with Crippen molar-refractivity contribution >= 4 is 16.6 Å². The number of nitrogens with two attached hydrogens (primary N) is 2. The van der Waals surface area contributed by atoms with Gasteiger partial charge in [0.2, 0.25) is 0 Å². The summed E-state index contributed by atoms with van der Waals surface area (Å²) in [4.78, 5) is 8.07. The van der Waals surface area contributed by atoms with Crippen molar-refractivity contribution in [3.8, 4) is 28.3 Å². The highest BCUT2D eigenvalue weighted by atomic mass is 16.5. The third-order valence-corrected chi connectivity index (χ3v) is 6.32. The van der Waals surface area contributed by atoms with Gasteiger partial charge < -0.3 is 31.1 Å². The highest BCUT2D eigenvalue weighted by Gasteiger charge is 2.22. The second-order valence-electron chi connectivity index (χ2n) is 8.17. The van der Waals surface area contributed by atoms with Gasteiger partial charge in [0.1, 0.15) is 11.6 Å². The number of nitrogens with one attached hydrogen (secondary N) is 2. The van der Waals surface area contributed by atoms with Crippen LogP contribution in [0.3, 0.4) is 0 Å². The summed E-state index contributed by atoms with van der Waals surface area (Å²) in [6.45, 7) is 1.52. The highest BCUT2D eigenvalue weighted by molar-refractivity contribution is 5.91. The number of rotatable bonds is 3. The fourth-order valence-corrected chi connectivity index (χ4v) is 4.64. The van der Waals surface area contributed by atoms with Gasteiger partial charge in [0, 0.05) is 22.7 Å². The molecule has 0 radical (unpaired) electrons. The SMILES string of the molecule is N/C=C(\N)c1ccc2c(c1)cc1n2COc2cc(-c3cnc([C@H]4CCCN4)[nH]3)ccc2-1. The van der Waals surface area contributed by atoms with E-state index in [1.807, 2.05) is 12.3 Å². The van der Waals surface area contributed by atoms with Crippen LogP contribution in [0.25, 0.3) is 39.1 Å². The lowest BCUT2D eigenvalue weighted by atomic mass is 10.0. The first-order valence-corrected chi connectivity index (χ1v) is 10.6. The Morgan fingerprint density at radius 1 is 1.19 bits per heavy atom. The van der Waals surface area contributed by atoms with Crippen molar-refractivity contribution in [2.45, 2.75) is 25.6 Å². The molecule has 1 saturated heterocycles. The summed E-state index contributed by atoms with van der Waals surface area (Å²) in [5.41, 5.74) is 18.5. The van der Waals surface area contributed by atoms with E-state index in [1.54, 1.807) is 0 Å². The van der Waals surface area contributed by atoms with Crippen LogP contribution in [-0.2, 0) is 6.73 Å². The zero-order valence-corrected chi connectivity index (χ0v) is 17.1. The molecule has 7 nitrogen and oxygen atoms in total. The Bertz CT molecular complexity index is 1330. The summed E-state index contributed by atoms with van der Waals surface area (Å²) < 4.78 is 8.33. The Kier molecular flexibility index (Phi) is 4.04. The number of nitrogens with zero attached hydrogens (tertiary/aromatic N) is 2. The molecule has 0 bridgehead atoms. The molecular weight excluding hydrogens is 388 g/mol. The van der Waals surface area contributed by atoms with E-state index in [0.29, 0.717) is 18.5 Å². The lowest BCUT2D eigenvalue weighted by molar-refractivity contribution is 0.235. The Balaban J connectivity index is 1.38. The summed E-state index contributed by atoms with van der Waals surface area (Å²) >= 11 is 0. The van der Waals surface area contributed by atoms with Crippen LogP contribution < -0.4 is 21.5 Å². The summed E-state index contributed by atoms with van der Waals surface area (Å²) in [5.74, 6) is 1.89. The normalized spacial score (nSPS) is 18.1.